The van der Waals surface area contributed by atoms with Crippen molar-refractivity contribution in [2.24, 2.45) is 5.41 Å². The van der Waals surface area contributed by atoms with Crippen LogP contribution in [0.4, 0.5) is 5.69 Å². The molecular weight excluding hydrogens is 694 g/mol. The van der Waals surface area contributed by atoms with E-state index in [4.69, 9.17) is 0 Å². The lowest BCUT2D eigenvalue weighted by Gasteiger charge is -2.18. The number of amides is 1. The number of benzene rings is 2. The zero-order valence-corrected chi connectivity index (χ0v) is 28.6. The van der Waals surface area contributed by atoms with Gasteiger partial charge in [-0.3, -0.25) is 19.0 Å². The van der Waals surface area contributed by atoms with Crippen LogP contribution in [0.1, 0.15) is 45.7 Å². The summed E-state index contributed by atoms with van der Waals surface area (Å²) in [5.74, 6) is -0.723. The summed E-state index contributed by atoms with van der Waals surface area (Å²) in [4.78, 5) is 39.6. The molecule has 0 fully saturated rings. The Hall–Kier alpha value is -2.38. The summed E-state index contributed by atoms with van der Waals surface area (Å²) < 4.78 is 30.8. The molecule has 3 rings (SSSR count). The van der Waals surface area contributed by atoms with E-state index in [1.54, 1.807) is 52.8 Å². The lowest BCUT2D eigenvalue weighted by Crippen LogP contribution is -2.36. The average molecular weight is 728 g/mol. The van der Waals surface area contributed by atoms with Crippen molar-refractivity contribution in [3.05, 3.63) is 76.0 Å². The molecule has 3 aromatic rings. The van der Waals surface area contributed by atoms with E-state index in [2.05, 4.69) is 37.2 Å². The summed E-state index contributed by atoms with van der Waals surface area (Å²) in [6.07, 6.45) is 3.12. The Morgan fingerprint density at radius 2 is 1.73 bits per heavy atom. The summed E-state index contributed by atoms with van der Waals surface area (Å²) in [6, 6.07) is 9.82. The number of rotatable bonds is 9. The number of carbonyl (C=O) groups excluding carboxylic acids is 2. The highest BCUT2D eigenvalue weighted by molar-refractivity contribution is 9.11. The van der Waals surface area contributed by atoms with Crippen molar-refractivity contribution in [1.29, 1.82) is 0 Å². The van der Waals surface area contributed by atoms with Crippen LogP contribution in [0.15, 0.2) is 55.0 Å². The topological polar surface area (TPSA) is 106 Å². The van der Waals surface area contributed by atoms with Gasteiger partial charge in [0.05, 0.1) is 9.43 Å². The Morgan fingerprint density at radius 3 is 2.34 bits per heavy atom. The van der Waals surface area contributed by atoms with Gasteiger partial charge < -0.3 is 5.32 Å². The van der Waals surface area contributed by atoms with Gasteiger partial charge in [-0.2, -0.15) is 4.31 Å². The van der Waals surface area contributed by atoms with Gasteiger partial charge in [0, 0.05) is 39.2 Å². The summed E-state index contributed by atoms with van der Waals surface area (Å²) >= 11 is 8.18. The highest BCUT2D eigenvalue weighted by atomic mass is 79.9. The van der Waals surface area contributed by atoms with Crippen molar-refractivity contribution in [1.82, 2.24) is 8.87 Å². The molecule has 0 spiro atoms. The number of sulfonamides is 1. The molecule has 1 aromatic heterocycles. The number of nitrogens with zero attached hydrogens (tertiary/aromatic N) is 2. The summed E-state index contributed by atoms with van der Waals surface area (Å²) in [6.45, 7) is 11.1. The van der Waals surface area contributed by atoms with Gasteiger partial charge in [-0.05, 0) is 54.5 Å². The molecule has 0 saturated carbocycles. The standard InChI is InChI=1S/C29H33Br2N3O5S2/c1-7-33(8-2)41(38,39)21-11-9-10-20(15-21)32-26(36)17-34-27(16-25(35)29(4,5)6)40-24(28(34)37)14-19-13-22(30)18(3)12-23(19)31/h9-16H,7-8,17H2,1-6H3,(H,32,36)/b24-14-,27-16+. The van der Waals surface area contributed by atoms with Gasteiger partial charge in [0.25, 0.3) is 5.56 Å². The number of aryl methyl sites for hydroxylation is 1. The molecule has 2 aromatic carbocycles. The SMILES string of the molecule is CCN(CC)S(=O)(=O)c1cccc(NC(=O)Cn2c(=O)/c(=C/c3cc(Br)c(C)cc3Br)s/c2=C/C(=O)C(C)(C)C)c1. The van der Waals surface area contributed by atoms with Crippen LogP contribution < -0.4 is 20.1 Å². The third kappa shape index (κ3) is 7.92. The van der Waals surface area contributed by atoms with Crippen molar-refractivity contribution in [3.63, 3.8) is 0 Å². The van der Waals surface area contributed by atoms with Gasteiger partial charge >= 0.3 is 0 Å². The summed E-state index contributed by atoms with van der Waals surface area (Å²) in [5.41, 5.74) is 0.964. The van der Waals surface area contributed by atoms with Crippen LogP contribution in [-0.4, -0.2) is 42.1 Å². The van der Waals surface area contributed by atoms with Gasteiger partial charge in [-0.15, -0.1) is 11.3 Å². The zero-order chi connectivity index (χ0) is 30.7. The van der Waals surface area contributed by atoms with Crippen molar-refractivity contribution < 1.29 is 18.0 Å². The molecule has 1 heterocycles. The first kappa shape index (κ1) is 33.1. The number of halogens is 2. The van der Waals surface area contributed by atoms with E-state index >= 15 is 0 Å². The van der Waals surface area contributed by atoms with Gasteiger partial charge in [0.1, 0.15) is 11.2 Å². The molecule has 0 aliphatic rings. The Morgan fingerprint density at radius 1 is 1.07 bits per heavy atom. The molecule has 0 radical (unpaired) electrons. The number of anilines is 1. The van der Waals surface area contributed by atoms with E-state index in [1.165, 1.54) is 27.1 Å². The van der Waals surface area contributed by atoms with Gasteiger partial charge in [0.2, 0.25) is 15.9 Å². The monoisotopic (exact) mass is 725 g/mol. The largest absolute Gasteiger partial charge is 0.324 e. The van der Waals surface area contributed by atoms with E-state index < -0.39 is 26.9 Å². The number of hydrogen-bond acceptors (Lipinski definition) is 6. The van der Waals surface area contributed by atoms with E-state index in [9.17, 15) is 22.8 Å². The number of thiazole rings is 1. The summed E-state index contributed by atoms with van der Waals surface area (Å²) in [5, 5.41) is 2.70. The number of ketones is 1. The molecule has 0 unspecified atom stereocenters. The third-order valence-electron chi connectivity index (χ3n) is 6.26. The number of aromatic nitrogens is 1. The maximum absolute atomic E-state index is 13.5. The minimum Gasteiger partial charge on any atom is -0.324 e. The average Bonchev–Trinajstić information content (AvgIpc) is 3.16. The Balaban J connectivity index is 2.05. The minimum atomic E-state index is -3.72. The Kier molecular flexibility index (Phi) is 10.7. The molecule has 8 nitrogen and oxygen atoms in total. The maximum atomic E-state index is 13.5. The normalized spacial score (nSPS) is 13.2. The van der Waals surface area contributed by atoms with E-state index in [0.717, 1.165) is 31.4 Å². The Bertz CT molecular complexity index is 1770. The highest BCUT2D eigenvalue weighted by Gasteiger charge is 2.23. The molecule has 0 aliphatic heterocycles. The first-order valence-electron chi connectivity index (χ1n) is 12.9. The number of hydrogen-bond donors (Lipinski definition) is 1. The lowest BCUT2D eigenvalue weighted by atomic mass is 9.91. The fourth-order valence-electron chi connectivity index (χ4n) is 3.83. The molecule has 41 heavy (non-hydrogen) atoms. The van der Waals surface area contributed by atoms with Gasteiger partial charge in [-0.1, -0.05) is 72.5 Å². The molecule has 1 amide bonds. The van der Waals surface area contributed by atoms with Crippen molar-refractivity contribution in [3.8, 4) is 0 Å². The van der Waals surface area contributed by atoms with Crippen molar-refractivity contribution >= 4 is 82.7 Å². The fourth-order valence-corrected chi connectivity index (χ4v) is 7.30. The van der Waals surface area contributed by atoms with Crippen LogP contribution >= 0.6 is 43.2 Å². The van der Waals surface area contributed by atoms with Crippen LogP contribution in [0.25, 0.3) is 12.2 Å². The van der Waals surface area contributed by atoms with Crippen molar-refractivity contribution in [2.75, 3.05) is 18.4 Å². The minimum absolute atomic E-state index is 0.0585. The molecule has 0 aliphatic carbocycles. The van der Waals surface area contributed by atoms with Crippen LogP contribution in [0.3, 0.4) is 0 Å². The zero-order valence-electron chi connectivity index (χ0n) is 23.7. The van der Waals surface area contributed by atoms with Crippen LogP contribution in [0.5, 0.6) is 0 Å². The molecule has 1 N–H and O–H groups in total. The van der Waals surface area contributed by atoms with Crippen LogP contribution in [-0.2, 0) is 26.2 Å². The second-order valence-corrected chi connectivity index (χ2v) is 15.1. The fraction of sp³-hybridized carbons (Fsp3) is 0.345. The van der Waals surface area contributed by atoms with Crippen LogP contribution in [0.2, 0.25) is 0 Å². The molecular formula is C29H33Br2N3O5S2. The quantitative estimate of drug-likeness (QED) is 0.346. The van der Waals surface area contributed by atoms with Crippen LogP contribution in [0, 0.1) is 12.3 Å². The maximum Gasteiger partial charge on any atom is 0.269 e. The second-order valence-electron chi connectivity index (χ2n) is 10.4. The number of nitrogens with one attached hydrogen (secondary N) is 1. The first-order valence-corrected chi connectivity index (χ1v) is 16.8. The smallest absolute Gasteiger partial charge is 0.269 e. The summed E-state index contributed by atoms with van der Waals surface area (Å²) in [7, 11) is -3.72. The third-order valence-corrected chi connectivity index (χ3v) is 10.9. The molecule has 0 saturated heterocycles. The number of carbonyl (C=O) groups is 2. The predicted molar refractivity (Wildman–Crippen MR) is 172 cm³/mol. The molecule has 0 atom stereocenters. The van der Waals surface area contributed by atoms with E-state index in [-0.39, 0.29) is 22.9 Å². The first-order chi connectivity index (χ1) is 19.1. The highest BCUT2D eigenvalue weighted by Crippen LogP contribution is 2.26. The number of Topliss-reactive ketones (excluding diaryl/α,β-unsaturated/α-hetero) is 1. The van der Waals surface area contributed by atoms with E-state index in [0.29, 0.717) is 22.3 Å². The van der Waals surface area contributed by atoms with Gasteiger partial charge in [0.15, 0.2) is 5.78 Å². The van der Waals surface area contributed by atoms with Gasteiger partial charge in [-0.25, -0.2) is 8.42 Å². The molecule has 12 heteroatoms. The predicted octanol–water partition coefficient (Wildman–Crippen LogP) is 4.64. The second kappa shape index (κ2) is 13.3. The lowest BCUT2D eigenvalue weighted by molar-refractivity contribution is -0.120. The van der Waals surface area contributed by atoms with E-state index in [1.807, 2.05) is 19.1 Å². The molecule has 220 valence electrons. The Labute approximate surface area is 261 Å². The van der Waals surface area contributed by atoms with Crippen molar-refractivity contribution in [2.45, 2.75) is 53.0 Å². The molecule has 0 bridgehead atoms.